The Bertz CT molecular complexity index is 382. The van der Waals surface area contributed by atoms with Crippen molar-refractivity contribution in [1.29, 1.82) is 0 Å². The normalized spacial score (nSPS) is 13.3. The number of halogens is 1. The van der Waals surface area contributed by atoms with E-state index >= 15 is 0 Å². The summed E-state index contributed by atoms with van der Waals surface area (Å²) in [5.41, 5.74) is 0.746. The summed E-state index contributed by atoms with van der Waals surface area (Å²) in [6.45, 7) is 8.35. The van der Waals surface area contributed by atoms with Gasteiger partial charge in [-0.15, -0.1) is 0 Å². The first kappa shape index (κ1) is 13.2. The van der Waals surface area contributed by atoms with Gasteiger partial charge in [-0.05, 0) is 40.4 Å². The highest BCUT2D eigenvalue weighted by Gasteiger charge is 2.22. The summed E-state index contributed by atoms with van der Waals surface area (Å²) in [6.07, 6.45) is 0. The van der Waals surface area contributed by atoms with E-state index in [1.165, 1.54) is 0 Å². The van der Waals surface area contributed by atoms with Crippen LogP contribution in [0.1, 0.15) is 38.1 Å². The Balaban J connectivity index is 2.78. The standard InChI is InChI=1S/C13H18BrNO/c1-9(13(2,3)4)15-12(16)10-7-5-6-8-11(10)14/h5-9H,1-4H3,(H,15,16)/t9-/m0/s1. The molecule has 0 heterocycles. The van der Waals surface area contributed by atoms with Gasteiger partial charge in [-0.25, -0.2) is 0 Å². The highest BCUT2D eigenvalue weighted by atomic mass is 79.9. The lowest BCUT2D eigenvalue weighted by Crippen LogP contribution is -2.41. The monoisotopic (exact) mass is 283 g/mol. The summed E-state index contributed by atoms with van der Waals surface area (Å²) in [5, 5.41) is 3.01. The molecule has 1 aromatic carbocycles. The molecule has 0 bridgehead atoms. The fourth-order valence-electron chi connectivity index (χ4n) is 1.14. The number of benzene rings is 1. The molecule has 0 aliphatic carbocycles. The van der Waals surface area contributed by atoms with Gasteiger partial charge in [0, 0.05) is 10.5 Å². The SMILES string of the molecule is C[C@H](NC(=O)c1ccccc1Br)C(C)(C)C. The van der Waals surface area contributed by atoms with Gasteiger partial charge in [0.2, 0.25) is 0 Å². The molecule has 0 saturated carbocycles. The van der Waals surface area contributed by atoms with Crippen LogP contribution in [0.5, 0.6) is 0 Å². The van der Waals surface area contributed by atoms with Crippen LogP contribution in [-0.4, -0.2) is 11.9 Å². The van der Waals surface area contributed by atoms with Gasteiger partial charge in [-0.3, -0.25) is 4.79 Å². The molecule has 0 aliphatic heterocycles. The molecule has 0 unspecified atom stereocenters. The van der Waals surface area contributed by atoms with Crippen LogP contribution >= 0.6 is 15.9 Å². The second kappa shape index (κ2) is 5.00. The van der Waals surface area contributed by atoms with E-state index in [1.54, 1.807) is 0 Å². The topological polar surface area (TPSA) is 29.1 Å². The van der Waals surface area contributed by atoms with E-state index in [0.717, 1.165) is 4.47 Å². The Hall–Kier alpha value is -0.830. The molecular weight excluding hydrogens is 266 g/mol. The number of amides is 1. The fourth-order valence-corrected chi connectivity index (χ4v) is 1.60. The van der Waals surface area contributed by atoms with Crippen molar-refractivity contribution in [1.82, 2.24) is 5.32 Å². The van der Waals surface area contributed by atoms with Gasteiger partial charge >= 0.3 is 0 Å². The highest BCUT2D eigenvalue weighted by molar-refractivity contribution is 9.10. The number of carbonyl (C=O) groups excluding carboxylic acids is 1. The number of hydrogen-bond donors (Lipinski definition) is 1. The van der Waals surface area contributed by atoms with Crippen molar-refractivity contribution in [3.63, 3.8) is 0 Å². The molecule has 0 aliphatic rings. The van der Waals surface area contributed by atoms with Gasteiger partial charge in [0.15, 0.2) is 0 Å². The molecule has 0 aromatic heterocycles. The molecule has 16 heavy (non-hydrogen) atoms. The summed E-state index contributed by atoms with van der Waals surface area (Å²) < 4.78 is 0.827. The first-order chi connectivity index (χ1) is 7.32. The third kappa shape index (κ3) is 3.34. The van der Waals surface area contributed by atoms with Crippen LogP contribution in [0.4, 0.5) is 0 Å². The molecule has 1 aromatic rings. The van der Waals surface area contributed by atoms with Gasteiger partial charge in [-0.2, -0.15) is 0 Å². The second-order valence-electron chi connectivity index (χ2n) is 5.04. The minimum absolute atomic E-state index is 0.0325. The third-order valence-corrected chi connectivity index (χ3v) is 3.46. The summed E-state index contributed by atoms with van der Waals surface area (Å²) in [4.78, 5) is 12.0. The Labute approximate surface area is 106 Å². The number of nitrogens with one attached hydrogen (secondary N) is 1. The van der Waals surface area contributed by atoms with E-state index in [4.69, 9.17) is 0 Å². The second-order valence-corrected chi connectivity index (χ2v) is 5.90. The Morgan fingerprint density at radius 2 is 1.88 bits per heavy atom. The largest absolute Gasteiger partial charge is 0.349 e. The minimum atomic E-state index is -0.0325. The van der Waals surface area contributed by atoms with Crippen LogP contribution in [0.3, 0.4) is 0 Å². The van der Waals surface area contributed by atoms with Crippen LogP contribution < -0.4 is 5.32 Å². The Morgan fingerprint density at radius 3 is 2.38 bits per heavy atom. The van der Waals surface area contributed by atoms with E-state index in [-0.39, 0.29) is 17.4 Å². The van der Waals surface area contributed by atoms with E-state index in [2.05, 4.69) is 42.0 Å². The summed E-state index contributed by atoms with van der Waals surface area (Å²) in [5.74, 6) is -0.0325. The lowest BCUT2D eigenvalue weighted by atomic mass is 9.88. The van der Waals surface area contributed by atoms with Gasteiger partial charge in [-0.1, -0.05) is 32.9 Å². The molecule has 1 atom stereocenters. The maximum atomic E-state index is 12.0. The smallest absolute Gasteiger partial charge is 0.252 e. The number of hydrogen-bond acceptors (Lipinski definition) is 1. The fraction of sp³-hybridized carbons (Fsp3) is 0.462. The lowest BCUT2D eigenvalue weighted by Gasteiger charge is -2.28. The van der Waals surface area contributed by atoms with Gasteiger partial charge in [0.25, 0.3) is 5.91 Å². The summed E-state index contributed by atoms with van der Waals surface area (Å²) in [7, 11) is 0. The number of rotatable bonds is 2. The van der Waals surface area contributed by atoms with Crippen molar-refractivity contribution in [3.05, 3.63) is 34.3 Å². The molecule has 1 amide bonds. The third-order valence-electron chi connectivity index (χ3n) is 2.77. The van der Waals surface area contributed by atoms with Crippen molar-refractivity contribution >= 4 is 21.8 Å². The predicted molar refractivity (Wildman–Crippen MR) is 70.5 cm³/mol. The van der Waals surface area contributed by atoms with Crippen LogP contribution in [0.25, 0.3) is 0 Å². The van der Waals surface area contributed by atoms with E-state index in [0.29, 0.717) is 5.56 Å². The Kier molecular flexibility index (Phi) is 4.14. The van der Waals surface area contributed by atoms with Crippen LogP contribution in [0.15, 0.2) is 28.7 Å². The molecule has 3 heteroatoms. The van der Waals surface area contributed by atoms with Crippen molar-refractivity contribution < 1.29 is 4.79 Å². The lowest BCUT2D eigenvalue weighted by molar-refractivity contribution is 0.0909. The average molecular weight is 284 g/mol. The molecule has 1 N–H and O–H groups in total. The van der Waals surface area contributed by atoms with E-state index in [9.17, 15) is 4.79 Å². The van der Waals surface area contributed by atoms with Crippen molar-refractivity contribution in [2.24, 2.45) is 5.41 Å². The first-order valence-corrected chi connectivity index (χ1v) is 6.17. The molecule has 88 valence electrons. The maximum Gasteiger partial charge on any atom is 0.252 e. The average Bonchev–Trinajstić information content (AvgIpc) is 2.16. The van der Waals surface area contributed by atoms with Crippen molar-refractivity contribution in [2.45, 2.75) is 33.7 Å². The van der Waals surface area contributed by atoms with Crippen molar-refractivity contribution in [3.8, 4) is 0 Å². The predicted octanol–water partition coefficient (Wildman–Crippen LogP) is 3.61. The van der Waals surface area contributed by atoms with Gasteiger partial charge in [0.05, 0.1) is 5.56 Å². The van der Waals surface area contributed by atoms with E-state index < -0.39 is 0 Å². The molecule has 0 radical (unpaired) electrons. The van der Waals surface area contributed by atoms with Crippen molar-refractivity contribution in [2.75, 3.05) is 0 Å². The highest BCUT2D eigenvalue weighted by Crippen LogP contribution is 2.20. The maximum absolute atomic E-state index is 12.0. The molecule has 0 saturated heterocycles. The molecule has 0 spiro atoms. The molecule has 1 rings (SSSR count). The molecule has 2 nitrogen and oxygen atoms in total. The minimum Gasteiger partial charge on any atom is -0.349 e. The zero-order valence-corrected chi connectivity index (χ0v) is 11.8. The first-order valence-electron chi connectivity index (χ1n) is 5.38. The molecular formula is C13H18BrNO. The van der Waals surface area contributed by atoms with Gasteiger partial charge < -0.3 is 5.32 Å². The summed E-state index contributed by atoms with van der Waals surface area (Å²) >= 11 is 3.38. The van der Waals surface area contributed by atoms with Crippen LogP contribution in [0, 0.1) is 5.41 Å². The van der Waals surface area contributed by atoms with Gasteiger partial charge in [0.1, 0.15) is 0 Å². The zero-order valence-electron chi connectivity index (χ0n) is 10.2. The quantitative estimate of drug-likeness (QED) is 0.883. The van der Waals surface area contributed by atoms with E-state index in [1.807, 2.05) is 31.2 Å². The number of carbonyl (C=O) groups is 1. The van der Waals surface area contributed by atoms with Crippen LogP contribution in [0.2, 0.25) is 0 Å². The van der Waals surface area contributed by atoms with Crippen LogP contribution in [-0.2, 0) is 0 Å². The zero-order chi connectivity index (χ0) is 12.3. The Morgan fingerprint density at radius 1 is 1.31 bits per heavy atom. The summed E-state index contributed by atoms with van der Waals surface area (Å²) in [6, 6.07) is 7.58. The molecule has 0 fully saturated rings.